The lowest BCUT2D eigenvalue weighted by molar-refractivity contribution is 0.0730. The summed E-state index contributed by atoms with van der Waals surface area (Å²) in [6.45, 7) is 2.85. The van der Waals surface area contributed by atoms with Crippen molar-refractivity contribution in [2.24, 2.45) is 0 Å². The zero-order valence-electron chi connectivity index (χ0n) is 16.7. The molecule has 1 aromatic carbocycles. The number of carbonyl (C=O) groups is 1. The van der Waals surface area contributed by atoms with Gasteiger partial charge in [-0.3, -0.25) is 4.79 Å². The molecule has 0 bridgehead atoms. The fourth-order valence-electron chi connectivity index (χ4n) is 3.62. The maximum atomic E-state index is 13.9. The number of carbonyl (C=O) groups excluding carboxylic acids is 1. The van der Waals surface area contributed by atoms with Gasteiger partial charge in [-0.15, -0.1) is 0 Å². The van der Waals surface area contributed by atoms with Crippen molar-refractivity contribution in [2.45, 2.75) is 4.90 Å². The molecule has 1 amide bonds. The first kappa shape index (κ1) is 21.6. The molecule has 0 unspecified atom stereocenters. The van der Waals surface area contributed by atoms with E-state index in [1.54, 1.807) is 6.07 Å². The van der Waals surface area contributed by atoms with Crippen LogP contribution in [0.3, 0.4) is 0 Å². The highest BCUT2D eigenvalue weighted by atomic mass is 32.2. The fraction of sp³-hybridized carbons (Fsp3) is 0.400. The minimum Gasteiger partial charge on any atom is -0.379 e. The number of aromatic nitrogens is 1. The van der Waals surface area contributed by atoms with E-state index in [2.05, 4.69) is 4.98 Å². The van der Waals surface area contributed by atoms with Gasteiger partial charge < -0.3 is 14.5 Å². The summed E-state index contributed by atoms with van der Waals surface area (Å²) in [7, 11) is -3.61. The van der Waals surface area contributed by atoms with Crippen LogP contribution in [0.5, 0.6) is 0 Å². The van der Waals surface area contributed by atoms with Gasteiger partial charge in [0.2, 0.25) is 10.0 Å². The van der Waals surface area contributed by atoms with Crippen LogP contribution < -0.4 is 4.90 Å². The molecule has 0 N–H and O–H groups in total. The van der Waals surface area contributed by atoms with Gasteiger partial charge in [-0.2, -0.15) is 4.31 Å². The second-order valence-corrected chi connectivity index (χ2v) is 9.21. The van der Waals surface area contributed by atoms with Gasteiger partial charge in [0.25, 0.3) is 5.91 Å². The summed E-state index contributed by atoms with van der Waals surface area (Å²) in [6.07, 6.45) is 1.33. The van der Waals surface area contributed by atoms with Gasteiger partial charge in [-0.25, -0.2) is 22.2 Å². The van der Waals surface area contributed by atoms with E-state index in [1.807, 2.05) is 4.90 Å². The number of anilines is 1. The normalized spacial score (nSPS) is 18.3. The van der Waals surface area contributed by atoms with Gasteiger partial charge in [0.05, 0.1) is 18.8 Å². The van der Waals surface area contributed by atoms with Crippen molar-refractivity contribution in [2.75, 3.05) is 57.4 Å². The molecule has 11 heteroatoms. The number of pyridine rings is 1. The van der Waals surface area contributed by atoms with Crippen LogP contribution in [0.15, 0.2) is 41.4 Å². The van der Waals surface area contributed by atoms with Crippen LogP contribution in [0.4, 0.5) is 14.6 Å². The van der Waals surface area contributed by atoms with E-state index < -0.39 is 27.6 Å². The van der Waals surface area contributed by atoms with E-state index in [9.17, 15) is 22.0 Å². The van der Waals surface area contributed by atoms with Crippen molar-refractivity contribution < 1.29 is 26.7 Å². The second kappa shape index (κ2) is 8.85. The summed E-state index contributed by atoms with van der Waals surface area (Å²) in [5.41, 5.74) is -0.288. The van der Waals surface area contributed by atoms with Crippen LogP contribution in [0.2, 0.25) is 0 Å². The zero-order valence-corrected chi connectivity index (χ0v) is 17.5. The van der Waals surface area contributed by atoms with E-state index in [-0.39, 0.29) is 10.5 Å². The molecule has 0 spiro atoms. The van der Waals surface area contributed by atoms with Gasteiger partial charge in [0.15, 0.2) is 0 Å². The predicted octanol–water partition coefficient (Wildman–Crippen LogP) is 1.34. The number of piperazine rings is 1. The monoisotopic (exact) mass is 452 g/mol. The van der Waals surface area contributed by atoms with Crippen LogP contribution >= 0.6 is 0 Å². The van der Waals surface area contributed by atoms with Gasteiger partial charge in [0, 0.05) is 45.5 Å². The van der Waals surface area contributed by atoms with E-state index in [0.29, 0.717) is 58.3 Å². The van der Waals surface area contributed by atoms with E-state index in [1.165, 1.54) is 21.5 Å². The number of rotatable bonds is 4. The number of hydrogen-bond donors (Lipinski definition) is 0. The Hall–Kier alpha value is -2.63. The van der Waals surface area contributed by atoms with Crippen LogP contribution in [-0.4, -0.2) is 81.0 Å². The molecule has 0 radical (unpaired) electrons. The topological polar surface area (TPSA) is 83.1 Å². The Labute approximate surface area is 179 Å². The Morgan fingerprint density at radius 3 is 2.32 bits per heavy atom. The molecule has 4 rings (SSSR count). The number of halogens is 2. The average Bonchev–Trinajstić information content (AvgIpc) is 2.81. The highest BCUT2D eigenvalue weighted by Crippen LogP contribution is 2.21. The van der Waals surface area contributed by atoms with Gasteiger partial charge in [0.1, 0.15) is 22.3 Å². The summed E-state index contributed by atoms with van der Waals surface area (Å²) < 4.78 is 59.2. The Bertz CT molecular complexity index is 1050. The minimum atomic E-state index is -3.61. The molecule has 31 heavy (non-hydrogen) atoms. The molecule has 2 saturated heterocycles. The zero-order chi connectivity index (χ0) is 22.0. The maximum absolute atomic E-state index is 13.9. The molecule has 2 aliphatic rings. The quantitative estimate of drug-likeness (QED) is 0.697. The number of nitrogens with zero attached hydrogens (tertiary/aromatic N) is 4. The first-order valence-electron chi connectivity index (χ1n) is 9.89. The molecular formula is C20H22F2N4O4S. The van der Waals surface area contributed by atoms with Crippen molar-refractivity contribution in [3.63, 3.8) is 0 Å². The summed E-state index contributed by atoms with van der Waals surface area (Å²) in [6, 6.07) is 5.97. The largest absolute Gasteiger partial charge is 0.379 e. The molecule has 0 aliphatic carbocycles. The molecule has 166 valence electrons. The molecular weight excluding hydrogens is 430 g/mol. The average molecular weight is 452 g/mol. The summed E-state index contributed by atoms with van der Waals surface area (Å²) in [5.74, 6) is -1.39. The van der Waals surface area contributed by atoms with Gasteiger partial charge >= 0.3 is 0 Å². The lowest BCUT2D eigenvalue weighted by Gasteiger charge is -2.35. The predicted molar refractivity (Wildman–Crippen MR) is 108 cm³/mol. The number of ether oxygens (including phenoxy) is 1. The number of sulfonamides is 1. The molecule has 2 aromatic rings. The summed E-state index contributed by atoms with van der Waals surface area (Å²) in [4.78, 5) is 20.3. The lowest BCUT2D eigenvalue weighted by Crippen LogP contribution is -2.49. The standard InChI is InChI=1S/C20H22F2N4O4S/c21-15-1-3-18(22)17(13-15)20(27)25-7-5-24(6-8-25)19-4-2-16(14-23-19)31(28,29)26-9-11-30-12-10-26/h1-4,13-14H,5-12H2. The second-order valence-electron chi connectivity index (χ2n) is 7.27. The smallest absolute Gasteiger partial charge is 0.257 e. The molecule has 0 saturated carbocycles. The van der Waals surface area contributed by atoms with Crippen molar-refractivity contribution >= 4 is 21.7 Å². The molecule has 1 aromatic heterocycles. The Morgan fingerprint density at radius 2 is 1.68 bits per heavy atom. The highest BCUT2D eigenvalue weighted by molar-refractivity contribution is 7.89. The molecule has 2 fully saturated rings. The number of morpholine rings is 1. The molecule has 8 nitrogen and oxygen atoms in total. The summed E-state index contributed by atoms with van der Waals surface area (Å²) in [5, 5.41) is 0. The summed E-state index contributed by atoms with van der Waals surface area (Å²) >= 11 is 0. The van der Waals surface area contributed by atoms with Gasteiger partial charge in [-0.05, 0) is 30.3 Å². The third-order valence-corrected chi connectivity index (χ3v) is 7.26. The Kier molecular flexibility index (Phi) is 6.17. The minimum absolute atomic E-state index is 0.119. The molecule has 0 atom stereocenters. The van der Waals surface area contributed by atoms with Crippen LogP contribution in [0.25, 0.3) is 0 Å². The Balaban J connectivity index is 1.40. The van der Waals surface area contributed by atoms with Gasteiger partial charge in [-0.1, -0.05) is 0 Å². The van der Waals surface area contributed by atoms with Crippen LogP contribution in [-0.2, 0) is 14.8 Å². The third-order valence-electron chi connectivity index (χ3n) is 5.38. The van der Waals surface area contributed by atoms with E-state index >= 15 is 0 Å². The highest BCUT2D eigenvalue weighted by Gasteiger charge is 2.28. The first-order chi connectivity index (χ1) is 14.9. The van der Waals surface area contributed by atoms with Crippen molar-refractivity contribution in [1.29, 1.82) is 0 Å². The van der Waals surface area contributed by atoms with Crippen molar-refractivity contribution in [3.8, 4) is 0 Å². The molecule has 3 heterocycles. The molecule has 2 aliphatic heterocycles. The number of benzene rings is 1. The lowest BCUT2D eigenvalue weighted by atomic mass is 10.1. The van der Waals surface area contributed by atoms with E-state index in [0.717, 1.165) is 18.2 Å². The fourth-order valence-corrected chi connectivity index (χ4v) is 4.97. The number of amides is 1. The van der Waals surface area contributed by atoms with Crippen molar-refractivity contribution in [1.82, 2.24) is 14.2 Å². The third kappa shape index (κ3) is 4.53. The number of hydrogen-bond acceptors (Lipinski definition) is 6. The SMILES string of the molecule is O=C(c1cc(F)ccc1F)N1CCN(c2ccc(S(=O)(=O)N3CCOCC3)cn2)CC1. The van der Waals surface area contributed by atoms with Crippen LogP contribution in [0.1, 0.15) is 10.4 Å². The first-order valence-corrected chi connectivity index (χ1v) is 11.3. The van der Waals surface area contributed by atoms with Crippen LogP contribution in [0, 0.1) is 11.6 Å². The van der Waals surface area contributed by atoms with Crippen molar-refractivity contribution in [3.05, 3.63) is 53.7 Å². The van der Waals surface area contributed by atoms with E-state index in [4.69, 9.17) is 4.74 Å². The Morgan fingerprint density at radius 1 is 0.968 bits per heavy atom. The maximum Gasteiger partial charge on any atom is 0.257 e.